The van der Waals surface area contributed by atoms with Crippen LogP contribution in [0.3, 0.4) is 0 Å². The Morgan fingerprint density at radius 1 is 0.310 bits per heavy atom. The maximum atomic E-state index is 2.42. The van der Waals surface area contributed by atoms with Gasteiger partial charge in [-0.1, -0.05) is 0 Å². The molecule has 6 fully saturated rings. The molecule has 0 spiro atoms. The summed E-state index contributed by atoms with van der Waals surface area (Å²) in [5.74, 6) is 3.42. The molecule has 0 heterocycles. The zero-order chi connectivity index (χ0) is 27.6. The molecule has 4 aromatic carbocycles. The Hall–Kier alpha value is -3.38. The van der Waals surface area contributed by atoms with Gasteiger partial charge >= 0.3 is 0 Å². The van der Waals surface area contributed by atoms with Crippen LogP contribution < -0.4 is 0 Å². The highest BCUT2D eigenvalue weighted by Crippen LogP contribution is 2.76. The highest BCUT2D eigenvalue weighted by molar-refractivity contribution is 5.86. The van der Waals surface area contributed by atoms with Gasteiger partial charge in [0.25, 0.3) is 0 Å². The van der Waals surface area contributed by atoms with Crippen molar-refractivity contribution in [1.29, 1.82) is 0 Å². The van der Waals surface area contributed by atoms with Crippen LogP contribution in [0.25, 0.3) is 22.3 Å². The van der Waals surface area contributed by atoms with Crippen LogP contribution in [0.4, 0.5) is 0 Å². The van der Waals surface area contributed by atoms with E-state index in [-0.39, 0.29) is 0 Å². The monoisotopic (exact) mass is 544 g/mol. The minimum atomic E-state index is 0.376. The maximum Gasteiger partial charge on any atom is 0.0922 e. The summed E-state index contributed by atoms with van der Waals surface area (Å²) in [7, 11) is 0. The van der Waals surface area contributed by atoms with E-state index in [1.165, 1.54) is 99.3 Å². The quantitative estimate of drug-likeness (QED) is 0.225. The van der Waals surface area contributed by atoms with Crippen molar-refractivity contribution in [2.45, 2.75) is 77.0 Å². The van der Waals surface area contributed by atoms with Gasteiger partial charge in [-0.2, -0.15) is 0 Å². The molecule has 0 N–H and O–H groups in total. The van der Waals surface area contributed by atoms with Crippen LogP contribution in [-0.4, -0.2) is 0 Å². The average molecular weight is 545 g/mol. The van der Waals surface area contributed by atoms with E-state index in [1.807, 2.05) is 0 Å². The summed E-state index contributed by atoms with van der Waals surface area (Å²) in [4.78, 5) is 0. The van der Waals surface area contributed by atoms with Crippen molar-refractivity contribution in [3.05, 3.63) is 131 Å². The number of hydrogen-bond acceptors (Lipinski definition) is 0. The molecular weight excluding hydrogens is 504 g/mol. The van der Waals surface area contributed by atoms with Gasteiger partial charge in [-0.3, -0.25) is 0 Å². The van der Waals surface area contributed by atoms with Gasteiger partial charge in [0.15, 0.2) is 0 Å². The van der Waals surface area contributed by atoms with Gasteiger partial charge in [0.1, 0.15) is 0 Å². The van der Waals surface area contributed by atoms with Crippen LogP contribution in [0.15, 0.2) is 97.1 Å². The third-order valence-corrected chi connectivity index (χ3v) is 14.0. The lowest BCUT2D eigenvalue weighted by Gasteiger charge is -2.67. The molecule has 0 nitrogen and oxygen atoms in total. The highest BCUT2D eigenvalue weighted by atomic mass is 14.7. The molecule has 0 aromatic heterocycles. The second-order valence-corrected chi connectivity index (χ2v) is 15.1. The SMILES string of the molecule is c1ccc2c(c1)-c1ccccc1[C+]2C12CCC(C34CCC([C+]5c6ccccc6-c6ccccc65)(CC3)CC4)(CC1)CC2. The van der Waals surface area contributed by atoms with E-state index in [4.69, 9.17) is 0 Å². The van der Waals surface area contributed by atoms with Gasteiger partial charge in [0.05, 0.1) is 56.3 Å². The number of rotatable bonds is 3. The summed E-state index contributed by atoms with van der Waals surface area (Å²) in [6.45, 7) is 0. The Morgan fingerprint density at radius 2 is 0.548 bits per heavy atom. The molecule has 0 amide bonds. The molecule has 6 saturated carbocycles. The van der Waals surface area contributed by atoms with Crippen LogP contribution in [0, 0.1) is 33.5 Å². The topological polar surface area (TPSA) is 0 Å². The second-order valence-electron chi connectivity index (χ2n) is 15.1. The molecule has 0 saturated heterocycles. The van der Waals surface area contributed by atoms with E-state index in [0.717, 1.165) is 0 Å². The molecule has 8 aliphatic rings. The van der Waals surface area contributed by atoms with Crippen molar-refractivity contribution < 1.29 is 0 Å². The van der Waals surface area contributed by atoms with Gasteiger partial charge in [-0.25, -0.2) is 0 Å². The Bertz CT molecular complexity index is 1470. The molecule has 42 heavy (non-hydrogen) atoms. The summed E-state index contributed by atoms with van der Waals surface area (Å²) in [5, 5.41) is 0. The lowest BCUT2D eigenvalue weighted by Crippen LogP contribution is -2.57. The van der Waals surface area contributed by atoms with E-state index in [2.05, 4.69) is 97.1 Å². The number of fused-ring (bicyclic) bond motifs is 12. The summed E-state index contributed by atoms with van der Waals surface area (Å²) < 4.78 is 0. The molecule has 0 atom stereocenters. The molecule has 4 bridgehead atoms. The third-order valence-electron chi connectivity index (χ3n) is 14.0. The second kappa shape index (κ2) is 8.16. The fourth-order valence-electron chi connectivity index (χ4n) is 11.9. The molecule has 206 valence electrons. The van der Waals surface area contributed by atoms with Crippen LogP contribution >= 0.6 is 0 Å². The molecule has 0 unspecified atom stereocenters. The van der Waals surface area contributed by atoms with Gasteiger partial charge in [-0.15, -0.1) is 0 Å². The third kappa shape index (κ3) is 2.85. The average Bonchev–Trinajstić information content (AvgIpc) is 3.60. The van der Waals surface area contributed by atoms with Gasteiger partial charge in [0.2, 0.25) is 0 Å². The van der Waals surface area contributed by atoms with E-state index in [9.17, 15) is 0 Å². The van der Waals surface area contributed by atoms with Gasteiger partial charge in [-0.05, 0) is 161 Å². The summed E-state index contributed by atoms with van der Waals surface area (Å²) in [6.07, 6.45) is 17.1. The molecule has 0 radical (unpaired) electrons. The van der Waals surface area contributed by atoms with E-state index in [0.29, 0.717) is 21.7 Å². The minimum absolute atomic E-state index is 0.376. The van der Waals surface area contributed by atoms with E-state index < -0.39 is 0 Å². The Kier molecular flexibility index (Phi) is 4.68. The standard InChI is InChI=1S/C42H40/c1-5-13-33-29(9-1)30-10-2-6-14-34(30)37(33)39-17-23-41(24-18-39,25-19-39)42-26-20-40(21-27-42,22-28-42)38-35-15-7-3-11-31(35)32-12-4-8-16-36(32)38/h1-16H,17-28H2/q+2. The lowest BCUT2D eigenvalue weighted by atomic mass is 9.36. The Balaban J connectivity index is 0.945. The van der Waals surface area contributed by atoms with Crippen LogP contribution in [0.1, 0.15) is 99.3 Å². The van der Waals surface area contributed by atoms with Crippen molar-refractivity contribution in [1.82, 2.24) is 0 Å². The zero-order valence-electron chi connectivity index (χ0n) is 24.7. The van der Waals surface area contributed by atoms with E-state index >= 15 is 0 Å². The fourth-order valence-corrected chi connectivity index (χ4v) is 11.9. The van der Waals surface area contributed by atoms with Crippen molar-refractivity contribution >= 4 is 0 Å². The summed E-state index contributed by atoms with van der Waals surface area (Å²) >= 11 is 0. The first-order valence-electron chi connectivity index (χ1n) is 16.8. The summed E-state index contributed by atoms with van der Waals surface area (Å²) in [6, 6.07) is 37.2. The lowest BCUT2D eigenvalue weighted by molar-refractivity contribution is -0.151. The smallest absolute Gasteiger partial charge is 0.0455 e. The molecular formula is C42H40+2. The van der Waals surface area contributed by atoms with Crippen LogP contribution in [0.2, 0.25) is 0 Å². The van der Waals surface area contributed by atoms with Crippen molar-refractivity contribution in [2.75, 3.05) is 0 Å². The first-order chi connectivity index (χ1) is 20.7. The molecule has 0 heteroatoms. The zero-order valence-corrected chi connectivity index (χ0v) is 24.7. The first kappa shape index (κ1) is 24.1. The largest absolute Gasteiger partial charge is 0.0922 e. The predicted molar refractivity (Wildman–Crippen MR) is 172 cm³/mol. The van der Waals surface area contributed by atoms with E-state index in [1.54, 1.807) is 34.1 Å². The van der Waals surface area contributed by atoms with Gasteiger partial charge < -0.3 is 0 Å². The molecule has 4 aromatic rings. The Labute approximate surface area is 251 Å². The molecule has 8 aliphatic carbocycles. The minimum Gasteiger partial charge on any atom is -0.0455 e. The van der Waals surface area contributed by atoms with Crippen molar-refractivity contribution in [2.24, 2.45) is 21.7 Å². The fraction of sp³-hybridized carbons (Fsp3) is 0.381. The maximum absolute atomic E-state index is 2.42. The normalized spacial score (nSPS) is 33.3. The summed E-state index contributed by atoms with van der Waals surface area (Å²) in [5.41, 5.74) is 14.0. The molecule has 0 aliphatic heterocycles. The van der Waals surface area contributed by atoms with Crippen LogP contribution in [0.5, 0.6) is 0 Å². The van der Waals surface area contributed by atoms with Crippen molar-refractivity contribution in [3.63, 3.8) is 0 Å². The number of benzene rings is 4. The van der Waals surface area contributed by atoms with Gasteiger partial charge in [0, 0.05) is 35.1 Å². The van der Waals surface area contributed by atoms with Crippen LogP contribution in [-0.2, 0) is 0 Å². The van der Waals surface area contributed by atoms with Crippen molar-refractivity contribution in [3.8, 4) is 22.3 Å². The Morgan fingerprint density at radius 3 is 0.810 bits per heavy atom. The predicted octanol–water partition coefficient (Wildman–Crippen LogP) is 11.0. The highest BCUT2D eigenvalue weighted by Gasteiger charge is 2.67. The number of hydrogen-bond donors (Lipinski definition) is 0. The molecule has 12 rings (SSSR count). The first-order valence-corrected chi connectivity index (χ1v) is 16.8.